The molecule has 33 heavy (non-hydrogen) atoms. The SMILES string of the molecule is CC(C)c1nc(-c2ccccc2)n(-c2ccc(F)cc2)c1CC[P+](O)(O)CC(=O)CC(=O)O. The minimum Gasteiger partial charge on any atom is -0.481 e. The Morgan fingerprint density at radius 1 is 1.06 bits per heavy atom. The van der Waals surface area contributed by atoms with Crippen molar-refractivity contribution >= 4 is 19.5 Å². The van der Waals surface area contributed by atoms with Gasteiger partial charge < -0.3 is 5.11 Å². The number of rotatable bonds is 10. The van der Waals surface area contributed by atoms with E-state index in [1.54, 1.807) is 12.1 Å². The first-order chi connectivity index (χ1) is 15.6. The Morgan fingerprint density at radius 3 is 2.27 bits per heavy atom. The highest BCUT2D eigenvalue weighted by molar-refractivity contribution is 7.65. The minimum atomic E-state index is -3.67. The van der Waals surface area contributed by atoms with Crippen molar-refractivity contribution in [2.24, 2.45) is 0 Å². The fourth-order valence-electron chi connectivity index (χ4n) is 3.69. The smallest absolute Gasteiger partial charge is 0.311 e. The molecule has 0 aliphatic rings. The first kappa shape index (κ1) is 24.7. The van der Waals surface area contributed by atoms with Gasteiger partial charge in [-0.05, 0) is 30.2 Å². The Kier molecular flexibility index (Phi) is 7.74. The maximum Gasteiger partial charge on any atom is 0.311 e. The lowest BCUT2D eigenvalue weighted by molar-refractivity contribution is -0.139. The molecule has 7 nitrogen and oxygen atoms in total. The van der Waals surface area contributed by atoms with Crippen LogP contribution in [0.15, 0.2) is 54.6 Å². The van der Waals surface area contributed by atoms with E-state index in [2.05, 4.69) is 0 Å². The van der Waals surface area contributed by atoms with Gasteiger partial charge in [0, 0.05) is 17.7 Å². The van der Waals surface area contributed by atoms with E-state index >= 15 is 0 Å². The standard InChI is InChI=1S/C24H26FN2O5P/c1-16(2)23-21(12-13-33(31,32)15-20(28)14-22(29)30)27(19-10-8-18(25)9-11-19)24(26-23)17-6-4-3-5-7-17/h3-11,16,31-32H,12-15H2,1-2H3/p+1. The number of carbonyl (C=O) groups excluding carboxylic acids is 1. The van der Waals surface area contributed by atoms with Crippen molar-refractivity contribution in [2.75, 3.05) is 12.3 Å². The third-order valence-corrected chi connectivity index (χ3v) is 6.95. The van der Waals surface area contributed by atoms with Gasteiger partial charge in [-0.1, -0.05) is 44.2 Å². The molecule has 3 aromatic rings. The number of nitrogens with zero attached hydrogens (tertiary/aromatic N) is 2. The molecule has 0 fully saturated rings. The summed E-state index contributed by atoms with van der Waals surface area (Å²) >= 11 is 0. The molecular weight excluding hydrogens is 446 g/mol. The largest absolute Gasteiger partial charge is 0.481 e. The van der Waals surface area contributed by atoms with E-state index in [9.17, 15) is 23.8 Å². The van der Waals surface area contributed by atoms with Gasteiger partial charge in [-0.2, -0.15) is 0 Å². The van der Waals surface area contributed by atoms with Gasteiger partial charge in [-0.15, -0.1) is 0 Å². The van der Waals surface area contributed by atoms with Crippen LogP contribution >= 0.6 is 7.72 Å². The van der Waals surface area contributed by atoms with Crippen LogP contribution in [-0.4, -0.2) is 48.5 Å². The van der Waals surface area contributed by atoms with E-state index < -0.39 is 32.1 Å². The van der Waals surface area contributed by atoms with Gasteiger partial charge in [-0.25, -0.2) is 19.2 Å². The Hall–Kier alpha value is -2.93. The first-order valence-corrected chi connectivity index (χ1v) is 12.6. The maximum absolute atomic E-state index is 13.6. The molecule has 0 atom stereocenters. The quantitative estimate of drug-likeness (QED) is 0.300. The second kappa shape index (κ2) is 10.3. The van der Waals surface area contributed by atoms with Crippen molar-refractivity contribution in [1.82, 2.24) is 9.55 Å². The van der Waals surface area contributed by atoms with Crippen LogP contribution in [0.2, 0.25) is 0 Å². The summed E-state index contributed by atoms with van der Waals surface area (Å²) in [4.78, 5) is 48.4. The van der Waals surface area contributed by atoms with Crippen molar-refractivity contribution in [1.29, 1.82) is 0 Å². The van der Waals surface area contributed by atoms with E-state index in [0.717, 1.165) is 17.0 Å². The molecule has 0 saturated carbocycles. The second-order valence-electron chi connectivity index (χ2n) is 8.22. The molecule has 0 bridgehead atoms. The topological polar surface area (TPSA) is 113 Å². The van der Waals surface area contributed by atoms with Gasteiger partial charge in [0.25, 0.3) is 7.72 Å². The molecule has 0 aliphatic heterocycles. The number of ketones is 1. The molecular formula is C24H27FN2O5P+. The highest BCUT2D eigenvalue weighted by atomic mass is 31.2. The van der Waals surface area contributed by atoms with Crippen molar-refractivity contribution in [3.05, 3.63) is 71.8 Å². The summed E-state index contributed by atoms with van der Waals surface area (Å²) in [6.07, 6.45) is -1.22. The van der Waals surface area contributed by atoms with Gasteiger partial charge in [0.1, 0.15) is 24.2 Å². The van der Waals surface area contributed by atoms with E-state index in [1.165, 1.54) is 12.1 Å². The Labute approximate surface area is 192 Å². The van der Waals surface area contributed by atoms with Crippen molar-refractivity contribution in [2.45, 2.75) is 32.6 Å². The predicted octanol–water partition coefficient (Wildman–Crippen LogP) is 4.22. The average molecular weight is 473 g/mol. The van der Waals surface area contributed by atoms with Crippen LogP contribution in [-0.2, 0) is 16.0 Å². The van der Waals surface area contributed by atoms with Crippen LogP contribution in [0.1, 0.15) is 37.6 Å². The lowest BCUT2D eigenvalue weighted by atomic mass is 10.1. The van der Waals surface area contributed by atoms with Crippen molar-refractivity contribution in [3.8, 4) is 17.1 Å². The van der Waals surface area contributed by atoms with Crippen LogP contribution in [0, 0.1) is 5.82 Å². The molecule has 1 aromatic heterocycles. The zero-order chi connectivity index (χ0) is 24.2. The number of halogens is 1. The van der Waals surface area contributed by atoms with E-state index in [-0.39, 0.29) is 24.3 Å². The van der Waals surface area contributed by atoms with Gasteiger partial charge >= 0.3 is 5.97 Å². The van der Waals surface area contributed by atoms with E-state index in [0.29, 0.717) is 11.5 Å². The Bertz CT molecular complexity index is 1130. The molecule has 0 aliphatic carbocycles. The van der Waals surface area contributed by atoms with Crippen LogP contribution in [0.5, 0.6) is 0 Å². The van der Waals surface area contributed by atoms with Crippen LogP contribution in [0.4, 0.5) is 4.39 Å². The van der Waals surface area contributed by atoms with Gasteiger partial charge in [-0.3, -0.25) is 14.2 Å². The highest BCUT2D eigenvalue weighted by Gasteiger charge is 2.37. The van der Waals surface area contributed by atoms with Gasteiger partial charge in [0.05, 0.1) is 11.4 Å². The molecule has 1 heterocycles. The number of hydrogen-bond acceptors (Lipinski definition) is 5. The number of aliphatic carboxylic acids is 1. The Morgan fingerprint density at radius 2 is 1.70 bits per heavy atom. The van der Waals surface area contributed by atoms with Crippen molar-refractivity contribution in [3.63, 3.8) is 0 Å². The zero-order valence-corrected chi connectivity index (χ0v) is 19.4. The fraction of sp³-hybridized carbons (Fsp3) is 0.292. The molecule has 0 saturated heterocycles. The number of benzene rings is 2. The van der Waals surface area contributed by atoms with Crippen LogP contribution in [0.3, 0.4) is 0 Å². The van der Waals surface area contributed by atoms with Crippen LogP contribution < -0.4 is 0 Å². The van der Waals surface area contributed by atoms with E-state index in [1.807, 2.05) is 48.7 Å². The third kappa shape index (κ3) is 6.32. The minimum absolute atomic E-state index is 0.0166. The average Bonchev–Trinajstić information content (AvgIpc) is 3.12. The molecule has 0 amide bonds. The summed E-state index contributed by atoms with van der Waals surface area (Å²) in [7, 11) is -3.67. The van der Waals surface area contributed by atoms with Crippen LogP contribution in [0.25, 0.3) is 17.1 Å². The molecule has 0 unspecified atom stereocenters. The number of carboxylic acids is 1. The molecule has 0 spiro atoms. The Balaban J connectivity index is 2.04. The molecule has 174 valence electrons. The monoisotopic (exact) mass is 473 g/mol. The predicted molar refractivity (Wildman–Crippen MR) is 125 cm³/mol. The van der Waals surface area contributed by atoms with Crippen molar-refractivity contribution < 1.29 is 28.9 Å². The molecule has 0 radical (unpaired) electrons. The summed E-state index contributed by atoms with van der Waals surface area (Å²) in [5.74, 6) is -1.74. The number of Topliss-reactive ketones (excluding diaryl/α,β-unsaturated/α-hetero) is 1. The van der Waals surface area contributed by atoms with E-state index in [4.69, 9.17) is 10.1 Å². The number of aromatic nitrogens is 2. The normalized spacial score (nSPS) is 11.7. The molecule has 2 aromatic carbocycles. The number of imidazole rings is 1. The second-order valence-corrected chi connectivity index (χ2v) is 10.7. The lowest BCUT2D eigenvalue weighted by Gasteiger charge is -2.16. The summed E-state index contributed by atoms with van der Waals surface area (Å²) in [6.45, 7) is 3.96. The summed E-state index contributed by atoms with van der Waals surface area (Å²) < 4.78 is 15.5. The molecule has 3 rings (SSSR count). The number of hydrogen-bond donors (Lipinski definition) is 3. The van der Waals surface area contributed by atoms with Gasteiger partial charge in [0.2, 0.25) is 0 Å². The maximum atomic E-state index is 13.6. The highest BCUT2D eigenvalue weighted by Crippen LogP contribution is 2.50. The summed E-state index contributed by atoms with van der Waals surface area (Å²) in [5.41, 5.74) is 3.01. The molecule has 3 N–H and O–H groups in total. The number of carboxylic acid groups (broad SMARTS) is 1. The zero-order valence-electron chi connectivity index (χ0n) is 18.5. The van der Waals surface area contributed by atoms with Gasteiger partial charge in [0.15, 0.2) is 11.9 Å². The lowest BCUT2D eigenvalue weighted by Crippen LogP contribution is -2.17. The number of carbonyl (C=O) groups is 2. The molecule has 9 heteroatoms. The first-order valence-electron chi connectivity index (χ1n) is 10.6. The summed E-state index contributed by atoms with van der Waals surface area (Å²) in [5, 5.41) is 8.77. The third-order valence-electron chi connectivity index (χ3n) is 5.15. The summed E-state index contributed by atoms with van der Waals surface area (Å²) in [6, 6.07) is 15.5. The fourth-order valence-corrected chi connectivity index (χ4v) is 5.10.